The quantitative estimate of drug-likeness (QED) is 0.657. The molecule has 1 saturated heterocycles. The van der Waals surface area contributed by atoms with Gasteiger partial charge in [-0.1, -0.05) is 35.6 Å². The number of hydrogen-bond donors (Lipinski definition) is 1. The highest BCUT2D eigenvalue weighted by molar-refractivity contribution is 8.26. The Hall–Kier alpha value is -1.63. The van der Waals surface area contributed by atoms with Gasteiger partial charge in [0.2, 0.25) is 0 Å². The molecule has 1 aromatic carbocycles. The van der Waals surface area contributed by atoms with Gasteiger partial charge in [-0.15, -0.1) is 0 Å². The summed E-state index contributed by atoms with van der Waals surface area (Å²) < 4.78 is 19.2. The highest BCUT2D eigenvalue weighted by Gasteiger charge is 2.22. The zero-order chi connectivity index (χ0) is 15.0. The van der Waals surface area contributed by atoms with E-state index in [1.165, 1.54) is 23.9 Å². The van der Waals surface area contributed by atoms with Crippen molar-refractivity contribution in [3.05, 3.63) is 51.8 Å². The third kappa shape index (κ3) is 3.02. The predicted molar refractivity (Wildman–Crippen MR) is 85.4 cm³/mol. The van der Waals surface area contributed by atoms with Gasteiger partial charge in [0.25, 0.3) is 5.91 Å². The van der Waals surface area contributed by atoms with E-state index in [1.807, 2.05) is 0 Å². The maximum Gasteiger partial charge on any atom is 0.263 e. The van der Waals surface area contributed by atoms with Gasteiger partial charge < -0.3 is 9.73 Å². The molecule has 0 radical (unpaired) electrons. The van der Waals surface area contributed by atoms with Crippen LogP contribution in [0.1, 0.15) is 5.76 Å². The summed E-state index contributed by atoms with van der Waals surface area (Å²) in [6.45, 7) is 0. The van der Waals surface area contributed by atoms with Crippen LogP contribution >= 0.6 is 35.6 Å². The molecular formula is C14H7ClFNO2S2. The minimum absolute atomic E-state index is 0.0277. The number of thioether (sulfide) groups is 1. The number of carbonyl (C=O) groups excluding carboxylic acids is 1. The van der Waals surface area contributed by atoms with Gasteiger partial charge in [0.05, 0.1) is 9.93 Å². The molecule has 0 atom stereocenters. The number of benzene rings is 1. The van der Waals surface area contributed by atoms with Crippen LogP contribution in [0.3, 0.4) is 0 Å². The topological polar surface area (TPSA) is 42.2 Å². The summed E-state index contributed by atoms with van der Waals surface area (Å²) in [6.07, 6.45) is 1.61. The van der Waals surface area contributed by atoms with Crippen molar-refractivity contribution in [2.75, 3.05) is 0 Å². The first kappa shape index (κ1) is 14.3. The zero-order valence-electron chi connectivity index (χ0n) is 10.4. The average Bonchev–Trinajstić information content (AvgIpc) is 3.01. The minimum Gasteiger partial charge on any atom is -0.457 e. The Labute approximate surface area is 134 Å². The molecule has 0 unspecified atom stereocenters. The summed E-state index contributed by atoms with van der Waals surface area (Å²) in [7, 11) is 0. The number of thiocarbonyl (C=S) groups is 1. The zero-order valence-corrected chi connectivity index (χ0v) is 12.7. The number of nitrogens with one attached hydrogen (secondary N) is 1. The fourth-order valence-corrected chi connectivity index (χ4v) is 2.99. The smallest absolute Gasteiger partial charge is 0.263 e. The Morgan fingerprint density at radius 2 is 2.14 bits per heavy atom. The first-order valence-corrected chi connectivity index (χ1v) is 7.43. The second-order valence-corrected chi connectivity index (χ2v) is 6.31. The molecule has 0 aliphatic carbocycles. The lowest BCUT2D eigenvalue weighted by Gasteiger charge is -1.98. The first-order valence-electron chi connectivity index (χ1n) is 5.83. The Balaban J connectivity index is 1.90. The molecule has 1 aromatic heterocycles. The standard InChI is InChI=1S/C14H7ClFNO2S2/c15-9-5-7(1-3-10(9)16)11-4-2-8(19-11)6-12-13(18)17-14(20)21-12/h1-6H,(H,17,18,20)/b12-6+. The Morgan fingerprint density at radius 3 is 2.81 bits per heavy atom. The summed E-state index contributed by atoms with van der Waals surface area (Å²) in [5, 5.41) is 2.55. The van der Waals surface area contributed by atoms with E-state index in [4.69, 9.17) is 28.2 Å². The number of amides is 1. The molecule has 3 nitrogen and oxygen atoms in total. The Bertz CT molecular complexity index is 785. The molecule has 7 heteroatoms. The third-order valence-corrected chi connectivity index (χ3v) is 4.20. The SMILES string of the molecule is O=C1NC(=S)S/C1=C/c1ccc(-c2ccc(F)c(Cl)c2)o1. The lowest BCUT2D eigenvalue weighted by atomic mass is 10.2. The van der Waals surface area contributed by atoms with Gasteiger partial charge in [-0.05, 0) is 30.3 Å². The molecule has 0 saturated carbocycles. The van der Waals surface area contributed by atoms with Crippen molar-refractivity contribution in [1.29, 1.82) is 0 Å². The summed E-state index contributed by atoms with van der Waals surface area (Å²) >= 11 is 11.8. The van der Waals surface area contributed by atoms with Crippen molar-refractivity contribution in [3.8, 4) is 11.3 Å². The van der Waals surface area contributed by atoms with E-state index in [0.29, 0.717) is 26.3 Å². The monoisotopic (exact) mass is 339 g/mol. The highest BCUT2D eigenvalue weighted by Crippen LogP contribution is 2.30. The summed E-state index contributed by atoms with van der Waals surface area (Å²) in [5.74, 6) is 0.317. The van der Waals surface area contributed by atoms with Crippen LogP contribution in [0, 0.1) is 5.82 Å². The van der Waals surface area contributed by atoms with Crippen LogP contribution < -0.4 is 5.32 Å². The van der Waals surface area contributed by atoms with Crippen molar-refractivity contribution in [2.24, 2.45) is 0 Å². The lowest BCUT2D eigenvalue weighted by Crippen LogP contribution is -2.17. The van der Waals surface area contributed by atoms with Crippen LogP contribution in [-0.4, -0.2) is 10.2 Å². The van der Waals surface area contributed by atoms with Gasteiger partial charge in [-0.2, -0.15) is 0 Å². The lowest BCUT2D eigenvalue weighted by molar-refractivity contribution is -0.115. The maximum atomic E-state index is 13.1. The molecule has 21 heavy (non-hydrogen) atoms. The molecule has 106 valence electrons. The number of halogens is 2. The fraction of sp³-hybridized carbons (Fsp3) is 0. The first-order chi connectivity index (χ1) is 10.0. The molecule has 1 aliphatic rings. The van der Waals surface area contributed by atoms with Crippen LogP contribution in [0.5, 0.6) is 0 Å². The van der Waals surface area contributed by atoms with Crippen molar-refractivity contribution < 1.29 is 13.6 Å². The van der Waals surface area contributed by atoms with Crippen LogP contribution in [0.4, 0.5) is 4.39 Å². The van der Waals surface area contributed by atoms with Gasteiger partial charge in [0.15, 0.2) is 0 Å². The number of hydrogen-bond acceptors (Lipinski definition) is 4. The normalized spacial score (nSPS) is 16.6. The van der Waals surface area contributed by atoms with Crippen molar-refractivity contribution in [3.63, 3.8) is 0 Å². The summed E-state index contributed by atoms with van der Waals surface area (Å²) in [6, 6.07) is 7.78. The van der Waals surface area contributed by atoms with Crippen LogP contribution in [0.15, 0.2) is 39.7 Å². The van der Waals surface area contributed by atoms with E-state index in [-0.39, 0.29) is 10.9 Å². The molecule has 0 spiro atoms. The largest absolute Gasteiger partial charge is 0.457 e. The van der Waals surface area contributed by atoms with Gasteiger partial charge in [-0.25, -0.2) is 4.39 Å². The van der Waals surface area contributed by atoms with Gasteiger partial charge in [0, 0.05) is 11.6 Å². The molecule has 1 aliphatic heterocycles. The molecule has 3 rings (SSSR count). The number of furan rings is 1. The van der Waals surface area contributed by atoms with Crippen LogP contribution in [0.2, 0.25) is 5.02 Å². The predicted octanol–water partition coefficient (Wildman–Crippen LogP) is 4.23. The number of rotatable bonds is 2. The molecule has 0 bridgehead atoms. The van der Waals surface area contributed by atoms with E-state index in [9.17, 15) is 9.18 Å². The highest BCUT2D eigenvalue weighted by atomic mass is 35.5. The van der Waals surface area contributed by atoms with Crippen molar-refractivity contribution >= 4 is 51.9 Å². The summed E-state index contributed by atoms with van der Waals surface area (Å²) in [5.41, 5.74) is 0.657. The molecule has 1 amide bonds. The van der Waals surface area contributed by atoms with E-state index in [2.05, 4.69) is 5.32 Å². The van der Waals surface area contributed by atoms with E-state index in [0.717, 1.165) is 0 Å². The molecular weight excluding hydrogens is 333 g/mol. The van der Waals surface area contributed by atoms with Gasteiger partial charge >= 0.3 is 0 Å². The Kier molecular flexibility index (Phi) is 3.84. The molecule has 2 aromatic rings. The second kappa shape index (κ2) is 5.63. The van der Waals surface area contributed by atoms with Crippen molar-refractivity contribution in [1.82, 2.24) is 5.32 Å². The third-order valence-electron chi connectivity index (χ3n) is 2.75. The number of carbonyl (C=O) groups is 1. The fourth-order valence-electron chi connectivity index (χ4n) is 1.79. The molecule has 1 N–H and O–H groups in total. The van der Waals surface area contributed by atoms with E-state index >= 15 is 0 Å². The maximum absolute atomic E-state index is 13.1. The van der Waals surface area contributed by atoms with E-state index < -0.39 is 5.82 Å². The van der Waals surface area contributed by atoms with Crippen LogP contribution in [-0.2, 0) is 4.79 Å². The Morgan fingerprint density at radius 1 is 1.33 bits per heavy atom. The van der Waals surface area contributed by atoms with Gasteiger partial charge in [0.1, 0.15) is 21.7 Å². The second-order valence-electron chi connectivity index (χ2n) is 4.18. The van der Waals surface area contributed by atoms with Crippen molar-refractivity contribution in [2.45, 2.75) is 0 Å². The van der Waals surface area contributed by atoms with Crippen LogP contribution in [0.25, 0.3) is 17.4 Å². The average molecular weight is 340 g/mol. The van der Waals surface area contributed by atoms with Gasteiger partial charge in [-0.3, -0.25) is 4.79 Å². The minimum atomic E-state index is -0.484. The summed E-state index contributed by atoms with van der Waals surface area (Å²) in [4.78, 5) is 12.0. The molecule has 1 fully saturated rings. The van der Waals surface area contributed by atoms with E-state index in [1.54, 1.807) is 24.3 Å². The molecule has 2 heterocycles.